The minimum Gasteiger partial charge on any atom is -0.485 e. The summed E-state index contributed by atoms with van der Waals surface area (Å²) in [5.41, 5.74) is -0.549. The fraction of sp³-hybridized carbons (Fsp3) is 0.154. The maximum absolute atomic E-state index is 12.4. The Kier molecular flexibility index (Phi) is 4.81. The van der Waals surface area contributed by atoms with Crippen LogP contribution in [0.15, 0.2) is 30.3 Å². The minimum absolute atomic E-state index is 0.161. The van der Waals surface area contributed by atoms with Gasteiger partial charge >= 0.3 is 6.18 Å². The summed E-state index contributed by atoms with van der Waals surface area (Å²) in [7, 11) is 0. The van der Waals surface area contributed by atoms with Gasteiger partial charge in [-0.15, -0.1) is 11.3 Å². The Labute approximate surface area is 132 Å². The predicted octanol–water partition coefficient (Wildman–Crippen LogP) is 5.34. The molecule has 0 N–H and O–H groups in total. The average molecular weight is 355 g/mol. The van der Waals surface area contributed by atoms with Crippen molar-refractivity contribution in [3.05, 3.63) is 50.1 Å². The van der Waals surface area contributed by atoms with Crippen LogP contribution in [0.2, 0.25) is 8.67 Å². The monoisotopic (exact) mass is 354 g/mol. The van der Waals surface area contributed by atoms with Gasteiger partial charge in [-0.3, -0.25) is 4.79 Å². The molecule has 8 heteroatoms. The molecular weight excluding hydrogens is 348 g/mol. The van der Waals surface area contributed by atoms with Crippen molar-refractivity contribution in [2.24, 2.45) is 0 Å². The number of hydrogen-bond acceptors (Lipinski definition) is 3. The molecule has 0 aliphatic heterocycles. The third kappa shape index (κ3) is 4.12. The van der Waals surface area contributed by atoms with Gasteiger partial charge in [-0.1, -0.05) is 23.2 Å². The van der Waals surface area contributed by atoms with Gasteiger partial charge in [0, 0.05) is 0 Å². The first-order valence-corrected chi connectivity index (χ1v) is 7.12. The Morgan fingerprint density at radius 3 is 2.29 bits per heavy atom. The van der Waals surface area contributed by atoms with E-state index in [-0.39, 0.29) is 22.3 Å². The lowest BCUT2D eigenvalue weighted by molar-refractivity contribution is -0.137. The number of alkyl halides is 3. The standard InChI is InChI=1S/C13H7Cl2F3O2S/c14-11-5-9(12(15)21-11)10(19)6-20-8-3-1-7(2-4-8)13(16,17)18/h1-5H,6H2. The number of hydrogen-bond donors (Lipinski definition) is 0. The second-order valence-corrected chi connectivity index (χ2v) is 6.26. The fourth-order valence-electron chi connectivity index (χ4n) is 1.50. The number of halogens is 5. The summed E-state index contributed by atoms with van der Waals surface area (Å²) in [6, 6.07) is 5.49. The normalized spacial score (nSPS) is 11.5. The topological polar surface area (TPSA) is 26.3 Å². The van der Waals surface area contributed by atoms with Crippen LogP contribution in [0, 0.1) is 0 Å². The number of ether oxygens (including phenoxy) is 1. The number of rotatable bonds is 4. The molecule has 0 fully saturated rings. The first-order chi connectivity index (χ1) is 9.77. The molecule has 1 aromatic carbocycles. The molecule has 0 aliphatic carbocycles. The van der Waals surface area contributed by atoms with Gasteiger partial charge in [-0.05, 0) is 30.3 Å². The van der Waals surface area contributed by atoms with Crippen LogP contribution >= 0.6 is 34.5 Å². The summed E-state index contributed by atoms with van der Waals surface area (Å²) in [5.74, 6) is -0.239. The van der Waals surface area contributed by atoms with E-state index in [0.717, 1.165) is 35.6 Å². The Bertz CT molecular complexity index is 650. The highest BCUT2D eigenvalue weighted by Crippen LogP contribution is 2.32. The second-order valence-electron chi connectivity index (χ2n) is 3.97. The number of Topliss-reactive ketones (excluding diaryl/α,β-unsaturated/α-hetero) is 1. The van der Waals surface area contributed by atoms with Crippen LogP contribution in [0.3, 0.4) is 0 Å². The third-order valence-corrected chi connectivity index (χ3v) is 4.00. The van der Waals surface area contributed by atoms with E-state index in [1.807, 2.05) is 0 Å². The summed E-state index contributed by atoms with van der Waals surface area (Å²) in [5, 5.41) is 0. The van der Waals surface area contributed by atoms with Gasteiger partial charge in [0.2, 0.25) is 5.78 Å². The molecule has 0 unspecified atom stereocenters. The van der Waals surface area contributed by atoms with E-state index in [2.05, 4.69) is 0 Å². The minimum atomic E-state index is -4.41. The lowest BCUT2D eigenvalue weighted by Gasteiger charge is -2.08. The number of carbonyl (C=O) groups is 1. The highest BCUT2D eigenvalue weighted by Gasteiger charge is 2.30. The van der Waals surface area contributed by atoms with Crippen LogP contribution in [0.4, 0.5) is 13.2 Å². The number of thiophene rings is 1. The molecule has 0 radical (unpaired) electrons. The zero-order valence-corrected chi connectivity index (χ0v) is 12.5. The maximum Gasteiger partial charge on any atom is 0.416 e. The van der Waals surface area contributed by atoms with Gasteiger partial charge in [0.15, 0.2) is 6.61 Å². The van der Waals surface area contributed by atoms with Crippen molar-refractivity contribution in [3.8, 4) is 5.75 Å². The molecule has 0 atom stereocenters. The molecule has 112 valence electrons. The van der Waals surface area contributed by atoms with E-state index in [1.165, 1.54) is 6.07 Å². The Morgan fingerprint density at radius 1 is 1.19 bits per heavy atom. The van der Waals surface area contributed by atoms with Gasteiger partial charge in [0.1, 0.15) is 10.1 Å². The first-order valence-electron chi connectivity index (χ1n) is 5.55. The fourth-order valence-corrected chi connectivity index (χ4v) is 3.00. The van der Waals surface area contributed by atoms with Gasteiger partial charge < -0.3 is 4.74 Å². The number of carbonyl (C=O) groups excluding carboxylic acids is 1. The summed E-state index contributed by atoms with van der Waals surface area (Å²) in [4.78, 5) is 11.8. The van der Waals surface area contributed by atoms with Crippen molar-refractivity contribution in [2.75, 3.05) is 6.61 Å². The molecule has 2 rings (SSSR count). The van der Waals surface area contributed by atoms with Crippen molar-refractivity contribution in [1.29, 1.82) is 0 Å². The SMILES string of the molecule is O=C(COc1ccc(C(F)(F)F)cc1)c1cc(Cl)sc1Cl. The molecule has 0 bridgehead atoms. The summed E-state index contributed by atoms with van der Waals surface area (Å²) in [6.45, 7) is -0.335. The van der Waals surface area contributed by atoms with Gasteiger partial charge in [0.05, 0.1) is 15.5 Å². The van der Waals surface area contributed by atoms with Gasteiger partial charge in [0.25, 0.3) is 0 Å². The molecule has 1 aromatic heterocycles. The molecule has 2 aromatic rings. The largest absolute Gasteiger partial charge is 0.485 e. The van der Waals surface area contributed by atoms with Crippen LogP contribution in [-0.4, -0.2) is 12.4 Å². The van der Waals surface area contributed by atoms with Crippen LogP contribution in [0.5, 0.6) is 5.75 Å². The second kappa shape index (κ2) is 6.25. The molecular formula is C13H7Cl2F3O2S. The summed E-state index contributed by atoms with van der Waals surface area (Å²) < 4.78 is 42.9. The van der Waals surface area contributed by atoms with Gasteiger partial charge in [-0.25, -0.2) is 0 Å². The van der Waals surface area contributed by atoms with E-state index >= 15 is 0 Å². The van der Waals surface area contributed by atoms with Crippen LogP contribution in [-0.2, 0) is 6.18 Å². The van der Waals surface area contributed by atoms with Crippen molar-refractivity contribution >= 4 is 40.3 Å². The maximum atomic E-state index is 12.4. The van der Waals surface area contributed by atoms with Crippen molar-refractivity contribution in [1.82, 2.24) is 0 Å². The lowest BCUT2D eigenvalue weighted by Crippen LogP contribution is -2.11. The van der Waals surface area contributed by atoms with E-state index in [4.69, 9.17) is 27.9 Å². The van der Waals surface area contributed by atoms with Crippen molar-refractivity contribution in [3.63, 3.8) is 0 Å². The molecule has 0 saturated carbocycles. The molecule has 1 heterocycles. The third-order valence-electron chi connectivity index (χ3n) is 2.51. The quantitative estimate of drug-likeness (QED) is 0.693. The van der Waals surface area contributed by atoms with Crippen molar-refractivity contribution in [2.45, 2.75) is 6.18 Å². The molecule has 0 spiro atoms. The van der Waals surface area contributed by atoms with E-state index < -0.39 is 17.5 Å². The lowest BCUT2D eigenvalue weighted by atomic mass is 10.2. The average Bonchev–Trinajstić information content (AvgIpc) is 2.74. The van der Waals surface area contributed by atoms with E-state index in [9.17, 15) is 18.0 Å². The van der Waals surface area contributed by atoms with Gasteiger partial charge in [-0.2, -0.15) is 13.2 Å². The highest BCUT2D eigenvalue weighted by molar-refractivity contribution is 7.20. The zero-order chi connectivity index (χ0) is 15.6. The Hall–Kier alpha value is -1.24. The molecule has 2 nitrogen and oxygen atoms in total. The Balaban J connectivity index is 2.00. The molecule has 0 amide bonds. The predicted molar refractivity (Wildman–Crippen MR) is 75.6 cm³/mol. The van der Waals surface area contributed by atoms with Crippen LogP contribution < -0.4 is 4.74 Å². The van der Waals surface area contributed by atoms with E-state index in [0.29, 0.717) is 4.34 Å². The molecule has 0 saturated heterocycles. The molecule has 0 aliphatic rings. The molecule has 21 heavy (non-hydrogen) atoms. The zero-order valence-electron chi connectivity index (χ0n) is 10.2. The number of ketones is 1. The summed E-state index contributed by atoms with van der Waals surface area (Å²) in [6.07, 6.45) is -4.41. The van der Waals surface area contributed by atoms with E-state index in [1.54, 1.807) is 0 Å². The number of benzene rings is 1. The van der Waals surface area contributed by atoms with Crippen molar-refractivity contribution < 1.29 is 22.7 Å². The Morgan fingerprint density at radius 2 is 1.81 bits per heavy atom. The van der Waals surface area contributed by atoms with Crippen LogP contribution in [0.25, 0.3) is 0 Å². The highest BCUT2D eigenvalue weighted by atomic mass is 35.5. The summed E-state index contributed by atoms with van der Waals surface area (Å²) >= 11 is 12.6. The smallest absolute Gasteiger partial charge is 0.416 e. The first kappa shape index (κ1) is 16.1. The van der Waals surface area contributed by atoms with Crippen LogP contribution in [0.1, 0.15) is 15.9 Å².